The minimum absolute atomic E-state index is 0.0730. The highest BCUT2D eigenvalue weighted by molar-refractivity contribution is 9.10. The molecule has 0 saturated heterocycles. The standard InChI is InChI=1S/C18H17BrN2/c1-12-6-5-8-14(10-12)17(20-2)18-15(19)11-13-7-3-4-9-16(13)21-18/h3-11,17,20H,1-2H3. The number of rotatable bonds is 3. The summed E-state index contributed by atoms with van der Waals surface area (Å²) in [5.74, 6) is 0. The van der Waals surface area contributed by atoms with Crippen LogP contribution >= 0.6 is 15.9 Å². The number of nitrogens with zero attached hydrogens (tertiary/aromatic N) is 1. The molecule has 1 heterocycles. The normalized spacial score (nSPS) is 12.5. The van der Waals surface area contributed by atoms with Gasteiger partial charge in [0.1, 0.15) is 0 Å². The molecular weight excluding hydrogens is 324 g/mol. The van der Waals surface area contributed by atoms with E-state index in [1.807, 2.05) is 25.2 Å². The third-order valence-corrected chi connectivity index (χ3v) is 4.28. The van der Waals surface area contributed by atoms with Crippen LogP contribution in [-0.2, 0) is 0 Å². The summed E-state index contributed by atoms with van der Waals surface area (Å²) in [6, 6.07) is 18.9. The van der Waals surface area contributed by atoms with Gasteiger partial charge in [-0.2, -0.15) is 0 Å². The van der Waals surface area contributed by atoms with E-state index in [9.17, 15) is 0 Å². The number of hydrogen-bond acceptors (Lipinski definition) is 2. The van der Waals surface area contributed by atoms with Gasteiger partial charge in [-0.1, -0.05) is 48.0 Å². The topological polar surface area (TPSA) is 24.9 Å². The highest BCUT2D eigenvalue weighted by Gasteiger charge is 2.17. The Morgan fingerprint density at radius 2 is 1.86 bits per heavy atom. The molecule has 0 bridgehead atoms. The second-order valence-corrected chi connectivity index (χ2v) is 6.04. The van der Waals surface area contributed by atoms with Crippen LogP contribution in [0.5, 0.6) is 0 Å². The Hall–Kier alpha value is -1.71. The van der Waals surface area contributed by atoms with Crippen LogP contribution in [0, 0.1) is 6.92 Å². The zero-order valence-electron chi connectivity index (χ0n) is 12.1. The number of aryl methyl sites for hydroxylation is 1. The van der Waals surface area contributed by atoms with Crippen molar-refractivity contribution in [2.45, 2.75) is 13.0 Å². The first-order chi connectivity index (χ1) is 10.2. The highest BCUT2D eigenvalue weighted by Crippen LogP contribution is 2.30. The van der Waals surface area contributed by atoms with Crippen LogP contribution in [0.4, 0.5) is 0 Å². The van der Waals surface area contributed by atoms with Gasteiger partial charge in [0.2, 0.25) is 0 Å². The van der Waals surface area contributed by atoms with E-state index in [4.69, 9.17) is 4.98 Å². The second-order valence-electron chi connectivity index (χ2n) is 5.18. The molecule has 1 N–H and O–H groups in total. The van der Waals surface area contributed by atoms with Crippen LogP contribution in [0.25, 0.3) is 10.9 Å². The number of halogens is 1. The van der Waals surface area contributed by atoms with Crippen LogP contribution in [0.1, 0.15) is 22.9 Å². The predicted octanol–water partition coefficient (Wildman–Crippen LogP) is 4.61. The van der Waals surface area contributed by atoms with Crippen LogP contribution < -0.4 is 5.32 Å². The highest BCUT2D eigenvalue weighted by atomic mass is 79.9. The fraction of sp³-hybridized carbons (Fsp3) is 0.167. The van der Waals surface area contributed by atoms with Crippen molar-refractivity contribution >= 4 is 26.8 Å². The van der Waals surface area contributed by atoms with E-state index in [1.54, 1.807) is 0 Å². The molecule has 0 radical (unpaired) electrons. The molecule has 0 saturated carbocycles. The minimum Gasteiger partial charge on any atom is -0.308 e. The third-order valence-electron chi connectivity index (χ3n) is 3.64. The van der Waals surface area contributed by atoms with Crippen molar-refractivity contribution in [1.29, 1.82) is 0 Å². The molecule has 0 aliphatic carbocycles. The summed E-state index contributed by atoms with van der Waals surface area (Å²) in [5.41, 5.74) is 4.51. The van der Waals surface area contributed by atoms with Gasteiger partial charge in [0, 0.05) is 9.86 Å². The Kier molecular flexibility index (Phi) is 4.04. The lowest BCUT2D eigenvalue weighted by Crippen LogP contribution is -2.19. The van der Waals surface area contributed by atoms with E-state index in [0.717, 1.165) is 21.1 Å². The number of para-hydroxylation sites is 1. The first kappa shape index (κ1) is 14.2. The Labute approximate surface area is 133 Å². The molecular formula is C18H17BrN2. The first-order valence-corrected chi connectivity index (χ1v) is 7.77. The van der Waals surface area contributed by atoms with Crippen LogP contribution in [0.3, 0.4) is 0 Å². The quantitative estimate of drug-likeness (QED) is 0.752. The number of pyridine rings is 1. The number of aromatic nitrogens is 1. The fourth-order valence-electron chi connectivity index (χ4n) is 2.62. The van der Waals surface area contributed by atoms with Crippen LogP contribution in [0.15, 0.2) is 59.1 Å². The van der Waals surface area contributed by atoms with E-state index >= 15 is 0 Å². The summed E-state index contributed by atoms with van der Waals surface area (Å²) in [6.45, 7) is 2.11. The van der Waals surface area contributed by atoms with E-state index in [1.165, 1.54) is 11.1 Å². The molecule has 0 fully saturated rings. The molecule has 0 aliphatic heterocycles. The van der Waals surface area contributed by atoms with E-state index < -0.39 is 0 Å². The van der Waals surface area contributed by atoms with Gasteiger partial charge in [-0.3, -0.25) is 0 Å². The van der Waals surface area contributed by atoms with Crippen molar-refractivity contribution in [3.63, 3.8) is 0 Å². The summed E-state index contributed by atoms with van der Waals surface area (Å²) in [7, 11) is 1.97. The zero-order valence-corrected chi connectivity index (χ0v) is 13.7. The minimum atomic E-state index is 0.0730. The lowest BCUT2D eigenvalue weighted by atomic mass is 10.0. The second kappa shape index (κ2) is 5.96. The van der Waals surface area contributed by atoms with E-state index in [-0.39, 0.29) is 6.04 Å². The van der Waals surface area contributed by atoms with Crippen molar-refractivity contribution in [2.75, 3.05) is 7.05 Å². The molecule has 3 heteroatoms. The van der Waals surface area contributed by atoms with Crippen molar-refractivity contribution in [3.8, 4) is 0 Å². The van der Waals surface area contributed by atoms with Gasteiger partial charge in [-0.25, -0.2) is 4.98 Å². The molecule has 21 heavy (non-hydrogen) atoms. The maximum absolute atomic E-state index is 4.84. The number of nitrogens with one attached hydrogen (secondary N) is 1. The molecule has 1 atom stereocenters. The molecule has 1 aromatic heterocycles. The van der Waals surface area contributed by atoms with E-state index in [0.29, 0.717) is 0 Å². The molecule has 3 aromatic rings. The van der Waals surface area contributed by atoms with Crippen molar-refractivity contribution in [2.24, 2.45) is 0 Å². The Bertz CT molecular complexity index is 783. The molecule has 2 nitrogen and oxygen atoms in total. The van der Waals surface area contributed by atoms with Crippen molar-refractivity contribution in [3.05, 3.63) is 75.9 Å². The monoisotopic (exact) mass is 340 g/mol. The Balaban J connectivity index is 2.14. The summed E-state index contributed by atoms with van der Waals surface area (Å²) in [6.07, 6.45) is 0. The zero-order chi connectivity index (χ0) is 14.8. The fourth-order valence-corrected chi connectivity index (χ4v) is 3.18. The largest absolute Gasteiger partial charge is 0.308 e. The maximum atomic E-state index is 4.84. The lowest BCUT2D eigenvalue weighted by molar-refractivity contribution is 0.670. The first-order valence-electron chi connectivity index (χ1n) is 6.98. The van der Waals surface area contributed by atoms with E-state index in [2.05, 4.69) is 64.6 Å². The third kappa shape index (κ3) is 2.85. The average molecular weight is 341 g/mol. The maximum Gasteiger partial charge on any atom is 0.0767 e. The van der Waals surface area contributed by atoms with Gasteiger partial charge in [0.15, 0.2) is 0 Å². The number of benzene rings is 2. The van der Waals surface area contributed by atoms with Crippen LogP contribution in [-0.4, -0.2) is 12.0 Å². The van der Waals surface area contributed by atoms with Gasteiger partial charge >= 0.3 is 0 Å². The Morgan fingerprint density at radius 1 is 1.05 bits per heavy atom. The summed E-state index contributed by atoms with van der Waals surface area (Å²) in [4.78, 5) is 4.84. The molecule has 0 amide bonds. The van der Waals surface area contributed by atoms with Gasteiger partial charge in [0.25, 0.3) is 0 Å². The predicted molar refractivity (Wildman–Crippen MR) is 91.5 cm³/mol. The van der Waals surface area contributed by atoms with Crippen LogP contribution in [0.2, 0.25) is 0 Å². The van der Waals surface area contributed by atoms with Crippen molar-refractivity contribution < 1.29 is 0 Å². The molecule has 2 aromatic carbocycles. The molecule has 1 unspecified atom stereocenters. The van der Waals surface area contributed by atoms with Gasteiger partial charge in [-0.05, 0) is 47.6 Å². The van der Waals surface area contributed by atoms with Gasteiger partial charge in [0.05, 0.1) is 17.3 Å². The lowest BCUT2D eigenvalue weighted by Gasteiger charge is -2.19. The molecule has 106 valence electrons. The van der Waals surface area contributed by atoms with Gasteiger partial charge in [-0.15, -0.1) is 0 Å². The SMILES string of the molecule is CNC(c1cccc(C)c1)c1nc2ccccc2cc1Br. The number of fused-ring (bicyclic) bond motifs is 1. The molecule has 0 spiro atoms. The van der Waals surface area contributed by atoms with Gasteiger partial charge < -0.3 is 5.32 Å². The van der Waals surface area contributed by atoms with Crippen molar-refractivity contribution in [1.82, 2.24) is 10.3 Å². The number of hydrogen-bond donors (Lipinski definition) is 1. The summed E-state index contributed by atoms with van der Waals surface area (Å²) < 4.78 is 1.03. The summed E-state index contributed by atoms with van der Waals surface area (Å²) >= 11 is 3.67. The molecule has 3 rings (SSSR count). The molecule has 0 aliphatic rings. The summed E-state index contributed by atoms with van der Waals surface area (Å²) in [5, 5.41) is 4.52. The average Bonchev–Trinajstić information content (AvgIpc) is 2.48. The Morgan fingerprint density at radius 3 is 2.62 bits per heavy atom. The smallest absolute Gasteiger partial charge is 0.0767 e.